The Morgan fingerprint density at radius 3 is 2.67 bits per heavy atom. The summed E-state index contributed by atoms with van der Waals surface area (Å²) in [6.45, 7) is 9.07. The highest BCUT2D eigenvalue weighted by atomic mass is 32.1. The summed E-state index contributed by atoms with van der Waals surface area (Å²) in [7, 11) is 1.49. The van der Waals surface area contributed by atoms with Crippen LogP contribution in [0.5, 0.6) is 11.5 Å². The maximum atomic E-state index is 13.8. The second-order valence-electron chi connectivity index (χ2n) is 8.86. The molecule has 0 spiro atoms. The molecule has 2 aromatic carbocycles. The zero-order valence-electron chi connectivity index (χ0n) is 21.9. The average Bonchev–Trinajstić information content (AvgIpc) is 3.20. The SMILES string of the molecule is C=CCOc1ccc(C2C(C(=O)OC(C)C)=C(C)N=c3s/c(=C\c4ccccc4[N+](=O)[O-])c(=O)n32)cc1OC. The highest BCUT2D eigenvalue weighted by Crippen LogP contribution is 2.36. The van der Waals surface area contributed by atoms with E-state index in [0.717, 1.165) is 11.3 Å². The molecule has 1 unspecified atom stereocenters. The van der Waals surface area contributed by atoms with Gasteiger partial charge in [-0.2, -0.15) is 0 Å². The van der Waals surface area contributed by atoms with Crippen LogP contribution in [0.2, 0.25) is 0 Å². The van der Waals surface area contributed by atoms with Crippen molar-refractivity contribution in [1.29, 1.82) is 0 Å². The molecule has 0 aliphatic carbocycles. The van der Waals surface area contributed by atoms with Gasteiger partial charge in [0.05, 0.1) is 45.5 Å². The van der Waals surface area contributed by atoms with Crippen molar-refractivity contribution in [2.24, 2.45) is 4.99 Å². The molecule has 0 radical (unpaired) electrons. The van der Waals surface area contributed by atoms with E-state index in [9.17, 15) is 19.7 Å². The fourth-order valence-corrected chi connectivity index (χ4v) is 5.25. The van der Waals surface area contributed by atoms with Gasteiger partial charge in [0.2, 0.25) is 0 Å². The fourth-order valence-electron chi connectivity index (χ4n) is 4.21. The van der Waals surface area contributed by atoms with Crippen molar-refractivity contribution in [1.82, 2.24) is 4.57 Å². The molecule has 39 heavy (non-hydrogen) atoms. The Morgan fingerprint density at radius 2 is 2.00 bits per heavy atom. The molecule has 1 aliphatic heterocycles. The molecule has 10 nitrogen and oxygen atoms in total. The third-order valence-electron chi connectivity index (χ3n) is 5.86. The summed E-state index contributed by atoms with van der Waals surface area (Å²) in [5, 5.41) is 11.5. The van der Waals surface area contributed by atoms with E-state index in [1.165, 1.54) is 23.8 Å². The number of para-hydroxylation sites is 1. The monoisotopic (exact) mass is 549 g/mol. The van der Waals surface area contributed by atoms with Crippen LogP contribution in [0.15, 0.2) is 76.2 Å². The third kappa shape index (κ3) is 5.53. The van der Waals surface area contributed by atoms with Crippen LogP contribution in [0.3, 0.4) is 0 Å². The van der Waals surface area contributed by atoms with Gasteiger partial charge in [-0.1, -0.05) is 42.2 Å². The summed E-state index contributed by atoms with van der Waals surface area (Å²) in [6.07, 6.45) is 2.68. The number of esters is 1. The second kappa shape index (κ2) is 11.5. The van der Waals surface area contributed by atoms with Gasteiger partial charge in [0.25, 0.3) is 11.2 Å². The number of thiazole rings is 1. The van der Waals surface area contributed by atoms with Crippen molar-refractivity contribution >= 4 is 29.1 Å². The Bertz CT molecular complexity index is 1670. The molecule has 4 rings (SSSR count). The van der Waals surface area contributed by atoms with Crippen molar-refractivity contribution in [3.8, 4) is 11.5 Å². The molecule has 0 saturated heterocycles. The van der Waals surface area contributed by atoms with Crippen molar-refractivity contribution < 1.29 is 23.9 Å². The predicted molar refractivity (Wildman–Crippen MR) is 147 cm³/mol. The van der Waals surface area contributed by atoms with E-state index in [1.54, 1.807) is 63.2 Å². The molecule has 2 heterocycles. The standard InChI is InChI=1S/C28H27N3O7S/c1-6-13-37-21-12-11-19(14-22(21)36-5)25-24(27(33)38-16(2)3)17(4)29-28-30(25)26(32)23(39-28)15-18-9-7-8-10-20(18)31(34)35/h6-12,14-16,25H,1,13H2,2-5H3/b23-15-. The lowest BCUT2D eigenvalue weighted by Gasteiger charge is -2.26. The molecule has 0 saturated carbocycles. The van der Waals surface area contributed by atoms with Crippen LogP contribution in [-0.4, -0.2) is 35.3 Å². The van der Waals surface area contributed by atoms with Crippen LogP contribution in [0.4, 0.5) is 5.69 Å². The maximum absolute atomic E-state index is 13.8. The topological polar surface area (TPSA) is 122 Å². The van der Waals surface area contributed by atoms with Gasteiger partial charge in [-0.3, -0.25) is 19.5 Å². The van der Waals surface area contributed by atoms with E-state index in [0.29, 0.717) is 27.6 Å². The molecular weight excluding hydrogens is 522 g/mol. The van der Waals surface area contributed by atoms with Gasteiger partial charge in [0.1, 0.15) is 6.61 Å². The first-order chi connectivity index (χ1) is 18.7. The summed E-state index contributed by atoms with van der Waals surface area (Å²) in [5.74, 6) is 0.273. The number of carbonyl (C=O) groups is 1. The van der Waals surface area contributed by atoms with E-state index >= 15 is 0 Å². The molecule has 1 aromatic heterocycles. The van der Waals surface area contributed by atoms with Gasteiger partial charge in [-0.05, 0) is 50.6 Å². The van der Waals surface area contributed by atoms with Crippen molar-refractivity contribution in [3.63, 3.8) is 0 Å². The quantitative estimate of drug-likeness (QED) is 0.173. The van der Waals surface area contributed by atoms with Gasteiger partial charge < -0.3 is 14.2 Å². The first-order valence-electron chi connectivity index (χ1n) is 12.0. The molecule has 3 aromatic rings. The number of nitro groups is 1. The number of methoxy groups -OCH3 is 1. The number of carbonyl (C=O) groups excluding carboxylic acids is 1. The van der Waals surface area contributed by atoms with Crippen molar-refractivity contribution in [3.05, 3.63) is 107 Å². The maximum Gasteiger partial charge on any atom is 0.338 e. The van der Waals surface area contributed by atoms with E-state index in [2.05, 4.69) is 11.6 Å². The minimum atomic E-state index is -0.886. The van der Waals surface area contributed by atoms with Crippen molar-refractivity contribution in [2.45, 2.75) is 32.9 Å². The van der Waals surface area contributed by atoms with Gasteiger partial charge in [0, 0.05) is 6.07 Å². The number of nitro benzene ring substituents is 1. The van der Waals surface area contributed by atoms with Gasteiger partial charge >= 0.3 is 5.97 Å². The van der Waals surface area contributed by atoms with Gasteiger partial charge in [-0.25, -0.2) is 9.79 Å². The van der Waals surface area contributed by atoms with E-state index in [-0.39, 0.29) is 28.0 Å². The molecule has 0 bridgehead atoms. The Kier molecular flexibility index (Phi) is 8.10. The summed E-state index contributed by atoms with van der Waals surface area (Å²) < 4.78 is 18.4. The molecular formula is C28H27N3O7S. The van der Waals surface area contributed by atoms with Crippen LogP contribution < -0.4 is 24.4 Å². The van der Waals surface area contributed by atoms with Crippen LogP contribution in [-0.2, 0) is 9.53 Å². The second-order valence-corrected chi connectivity index (χ2v) is 9.87. The van der Waals surface area contributed by atoms with Crippen LogP contribution in [0.25, 0.3) is 6.08 Å². The predicted octanol–water partition coefficient (Wildman–Crippen LogP) is 3.67. The third-order valence-corrected chi connectivity index (χ3v) is 6.85. The summed E-state index contributed by atoms with van der Waals surface area (Å²) >= 11 is 1.08. The first kappa shape index (κ1) is 27.5. The smallest absolute Gasteiger partial charge is 0.338 e. The molecule has 0 N–H and O–H groups in total. The molecule has 1 aliphatic rings. The Labute approximate surface area is 227 Å². The highest BCUT2D eigenvalue weighted by molar-refractivity contribution is 7.07. The lowest BCUT2D eigenvalue weighted by molar-refractivity contribution is -0.385. The molecule has 0 fully saturated rings. The van der Waals surface area contributed by atoms with Crippen LogP contribution in [0.1, 0.15) is 37.9 Å². The van der Waals surface area contributed by atoms with Crippen molar-refractivity contribution in [2.75, 3.05) is 13.7 Å². The highest BCUT2D eigenvalue weighted by Gasteiger charge is 2.34. The normalized spacial score (nSPS) is 15.0. The zero-order valence-corrected chi connectivity index (χ0v) is 22.7. The van der Waals surface area contributed by atoms with E-state index < -0.39 is 28.6 Å². The van der Waals surface area contributed by atoms with Crippen LogP contribution >= 0.6 is 11.3 Å². The number of fused-ring (bicyclic) bond motifs is 1. The number of hydrogen-bond donors (Lipinski definition) is 0. The molecule has 1 atom stereocenters. The number of ether oxygens (including phenoxy) is 3. The minimum absolute atomic E-state index is 0.128. The number of aromatic nitrogens is 1. The lowest BCUT2D eigenvalue weighted by Crippen LogP contribution is -2.40. The molecule has 11 heteroatoms. The van der Waals surface area contributed by atoms with Crippen LogP contribution in [0, 0.1) is 10.1 Å². The Hall–Kier alpha value is -4.51. The van der Waals surface area contributed by atoms with E-state index in [1.807, 2.05) is 0 Å². The van der Waals surface area contributed by atoms with E-state index in [4.69, 9.17) is 14.2 Å². The number of hydrogen-bond acceptors (Lipinski definition) is 9. The number of nitrogens with zero attached hydrogens (tertiary/aromatic N) is 3. The Balaban J connectivity index is 1.96. The summed E-state index contributed by atoms with van der Waals surface area (Å²) in [5.41, 5.74) is 0.878. The molecule has 0 amide bonds. The zero-order chi connectivity index (χ0) is 28.3. The largest absolute Gasteiger partial charge is 0.493 e. The fraction of sp³-hybridized carbons (Fsp3) is 0.250. The first-order valence-corrected chi connectivity index (χ1v) is 12.9. The lowest BCUT2D eigenvalue weighted by atomic mass is 9.95. The summed E-state index contributed by atoms with van der Waals surface area (Å²) in [4.78, 5) is 43.0. The minimum Gasteiger partial charge on any atom is -0.493 e. The summed E-state index contributed by atoms with van der Waals surface area (Å²) in [6, 6.07) is 10.4. The number of benzene rings is 2. The van der Waals surface area contributed by atoms with Gasteiger partial charge in [0.15, 0.2) is 16.3 Å². The molecule has 202 valence electrons. The average molecular weight is 550 g/mol. The Morgan fingerprint density at radius 1 is 1.26 bits per heavy atom. The number of rotatable bonds is 9. The number of allylic oxidation sites excluding steroid dienone is 1. The van der Waals surface area contributed by atoms with Gasteiger partial charge in [-0.15, -0.1) is 0 Å².